The second kappa shape index (κ2) is 9.33. The number of benzene rings is 2. The van der Waals surface area contributed by atoms with Crippen molar-refractivity contribution in [2.45, 2.75) is 24.8 Å². The number of aryl methyl sites for hydroxylation is 1. The third-order valence-electron chi connectivity index (χ3n) is 4.99. The first-order chi connectivity index (χ1) is 14.2. The van der Waals surface area contributed by atoms with Crippen molar-refractivity contribution in [2.24, 2.45) is 0 Å². The normalized spacial score (nSPS) is 16.2. The Labute approximate surface area is 179 Å². The third-order valence-corrected chi connectivity index (χ3v) is 7.21. The van der Waals surface area contributed by atoms with Crippen molar-refractivity contribution in [3.8, 4) is 0 Å². The van der Waals surface area contributed by atoms with E-state index in [0.29, 0.717) is 5.57 Å². The summed E-state index contributed by atoms with van der Waals surface area (Å²) in [5, 5.41) is 14.1. The Morgan fingerprint density at radius 1 is 1.10 bits per heavy atom. The fraction of sp³-hybridized carbons (Fsp3) is 0.208. The lowest BCUT2D eigenvalue weighted by Crippen LogP contribution is -2.34. The molecule has 2 heterocycles. The van der Waals surface area contributed by atoms with Gasteiger partial charge in [-0.25, -0.2) is 4.79 Å². The summed E-state index contributed by atoms with van der Waals surface area (Å²) < 4.78 is 0. The van der Waals surface area contributed by atoms with Gasteiger partial charge in [0.2, 0.25) is 0 Å². The maximum atomic E-state index is 11.8. The van der Waals surface area contributed by atoms with E-state index in [0.717, 1.165) is 25.1 Å². The lowest BCUT2D eigenvalue weighted by Gasteiger charge is -2.32. The summed E-state index contributed by atoms with van der Waals surface area (Å²) in [4.78, 5) is 15.1. The maximum absolute atomic E-state index is 11.8. The summed E-state index contributed by atoms with van der Waals surface area (Å²) in [6, 6.07) is 19.2. The molecule has 0 spiro atoms. The molecule has 148 valence electrons. The largest absolute Gasteiger partial charge is 0.478 e. The molecule has 0 aliphatic carbocycles. The van der Waals surface area contributed by atoms with E-state index in [1.54, 1.807) is 29.2 Å². The van der Waals surface area contributed by atoms with Gasteiger partial charge in [0, 0.05) is 11.1 Å². The predicted molar refractivity (Wildman–Crippen MR) is 123 cm³/mol. The van der Waals surface area contributed by atoms with Crippen molar-refractivity contribution in [1.82, 2.24) is 4.90 Å². The molecule has 29 heavy (non-hydrogen) atoms. The molecule has 1 aliphatic heterocycles. The Morgan fingerprint density at radius 2 is 1.97 bits per heavy atom. The van der Waals surface area contributed by atoms with Gasteiger partial charge in [-0.15, -0.1) is 23.1 Å². The van der Waals surface area contributed by atoms with Crippen LogP contribution in [-0.4, -0.2) is 27.1 Å². The van der Waals surface area contributed by atoms with E-state index in [-0.39, 0.29) is 5.37 Å². The molecule has 1 aliphatic rings. The zero-order valence-corrected chi connectivity index (χ0v) is 17.7. The smallest absolute Gasteiger partial charge is 0.334 e. The Balaban J connectivity index is 1.37. The number of nitrogens with zero attached hydrogens (tertiary/aromatic N) is 1. The predicted octanol–water partition coefficient (Wildman–Crippen LogP) is 5.93. The second-order valence-electron chi connectivity index (χ2n) is 7.03. The van der Waals surface area contributed by atoms with Crippen molar-refractivity contribution in [3.05, 3.63) is 94.3 Å². The molecule has 4 rings (SSSR count). The van der Waals surface area contributed by atoms with Crippen molar-refractivity contribution in [2.75, 3.05) is 5.75 Å². The summed E-state index contributed by atoms with van der Waals surface area (Å²) in [7, 11) is 0. The number of aliphatic carboxylic acids is 1. The lowest BCUT2D eigenvalue weighted by atomic mass is 10.0. The van der Waals surface area contributed by atoms with Gasteiger partial charge in [-0.3, -0.25) is 0 Å². The van der Waals surface area contributed by atoms with E-state index in [2.05, 4.69) is 58.8 Å². The minimum Gasteiger partial charge on any atom is -0.478 e. The molecule has 1 atom stereocenters. The molecular formula is C24H23NO2S2. The average Bonchev–Trinajstić information content (AvgIpc) is 3.25. The average molecular weight is 422 g/mol. The van der Waals surface area contributed by atoms with Crippen LogP contribution in [0.15, 0.2) is 83.9 Å². The van der Waals surface area contributed by atoms with Crippen LogP contribution in [0, 0.1) is 0 Å². The lowest BCUT2D eigenvalue weighted by molar-refractivity contribution is -0.133. The van der Waals surface area contributed by atoms with Crippen LogP contribution in [0.1, 0.15) is 16.9 Å². The van der Waals surface area contributed by atoms with Crippen LogP contribution < -0.4 is 0 Å². The fourth-order valence-corrected chi connectivity index (χ4v) is 5.48. The number of carboxylic acids is 1. The van der Waals surface area contributed by atoms with Crippen LogP contribution in [0.3, 0.4) is 0 Å². The van der Waals surface area contributed by atoms with E-state index >= 15 is 0 Å². The SMILES string of the molecule is O=C(O)C1=CC=CN(Cc2cccs2)C1SCCCc1ccc2ccccc2c1. The summed E-state index contributed by atoms with van der Waals surface area (Å²) in [6.45, 7) is 0.737. The van der Waals surface area contributed by atoms with Crippen LogP contribution in [0.5, 0.6) is 0 Å². The molecule has 2 aromatic carbocycles. The molecule has 0 bridgehead atoms. The maximum Gasteiger partial charge on any atom is 0.334 e. The number of allylic oxidation sites excluding steroid dienone is 2. The highest BCUT2D eigenvalue weighted by atomic mass is 32.2. The van der Waals surface area contributed by atoms with Crippen LogP contribution in [0.25, 0.3) is 10.8 Å². The van der Waals surface area contributed by atoms with Crippen LogP contribution in [0.4, 0.5) is 0 Å². The highest BCUT2D eigenvalue weighted by molar-refractivity contribution is 8.00. The van der Waals surface area contributed by atoms with E-state index in [9.17, 15) is 9.90 Å². The van der Waals surface area contributed by atoms with Gasteiger partial charge >= 0.3 is 5.97 Å². The van der Waals surface area contributed by atoms with Crippen molar-refractivity contribution < 1.29 is 9.90 Å². The topological polar surface area (TPSA) is 40.5 Å². The Bertz CT molecular complexity index is 1040. The molecule has 0 fully saturated rings. The molecule has 1 unspecified atom stereocenters. The molecule has 0 radical (unpaired) electrons. The van der Waals surface area contributed by atoms with Gasteiger partial charge in [0.05, 0.1) is 12.1 Å². The van der Waals surface area contributed by atoms with E-state index in [1.165, 1.54) is 21.2 Å². The second-order valence-corrected chi connectivity index (χ2v) is 9.25. The summed E-state index contributed by atoms with van der Waals surface area (Å²) in [5.74, 6) is 0.0780. The Morgan fingerprint density at radius 3 is 2.76 bits per heavy atom. The number of thiophene rings is 1. The van der Waals surface area contributed by atoms with Gasteiger partial charge in [-0.1, -0.05) is 48.5 Å². The highest BCUT2D eigenvalue weighted by Gasteiger charge is 2.27. The minimum absolute atomic E-state index is 0.156. The van der Waals surface area contributed by atoms with Gasteiger partial charge in [-0.2, -0.15) is 0 Å². The van der Waals surface area contributed by atoms with Gasteiger partial charge in [0.25, 0.3) is 0 Å². The van der Waals surface area contributed by atoms with Crippen LogP contribution >= 0.6 is 23.1 Å². The van der Waals surface area contributed by atoms with Crippen LogP contribution in [0.2, 0.25) is 0 Å². The number of thioether (sulfide) groups is 1. The van der Waals surface area contributed by atoms with E-state index in [4.69, 9.17) is 0 Å². The zero-order chi connectivity index (χ0) is 20.1. The number of rotatable bonds is 8. The van der Waals surface area contributed by atoms with Crippen LogP contribution in [-0.2, 0) is 17.8 Å². The Hall–Kier alpha value is -2.50. The number of fused-ring (bicyclic) bond motifs is 1. The molecule has 3 nitrogen and oxygen atoms in total. The summed E-state index contributed by atoms with van der Waals surface area (Å²) in [5.41, 5.74) is 1.79. The molecule has 3 aromatic rings. The molecule has 0 saturated carbocycles. The van der Waals surface area contributed by atoms with Crippen molar-refractivity contribution in [1.29, 1.82) is 0 Å². The molecular weight excluding hydrogens is 398 g/mol. The van der Waals surface area contributed by atoms with E-state index in [1.807, 2.05) is 18.3 Å². The molecule has 0 saturated heterocycles. The number of carbonyl (C=O) groups is 1. The van der Waals surface area contributed by atoms with Gasteiger partial charge in [-0.05, 0) is 58.5 Å². The summed E-state index contributed by atoms with van der Waals surface area (Å²) >= 11 is 3.42. The monoisotopic (exact) mass is 421 g/mol. The first kappa shape index (κ1) is 19.8. The summed E-state index contributed by atoms with van der Waals surface area (Å²) in [6.07, 6.45) is 7.59. The highest BCUT2D eigenvalue weighted by Crippen LogP contribution is 2.30. The molecule has 1 N–H and O–H groups in total. The van der Waals surface area contributed by atoms with Gasteiger partial charge < -0.3 is 10.0 Å². The Kier molecular flexibility index (Phi) is 6.37. The first-order valence-electron chi connectivity index (χ1n) is 9.70. The third kappa shape index (κ3) is 4.92. The number of hydrogen-bond donors (Lipinski definition) is 1. The van der Waals surface area contributed by atoms with E-state index < -0.39 is 5.97 Å². The molecule has 0 amide bonds. The van der Waals surface area contributed by atoms with Crippen molar-refractivity contribution in [3.63, 3.8) is 0 Å². The quantitative estimate of drug-likeness (QED) is 0.457. The van der Waals surface area contributed by atoms with Crippen molar-refractivity contribution >= 4 is 39.8 Å². The zero-order valence-electron chi connectivity index (χ0n) is 16.0. The molecule has 5 heteroatoms. The minimum atomic E-state index is -0.836. The standard InChI is InChI=1S/C24H23NO2S2/c26-24(27)22-10-3-13-25(17-21-9-5-14-28-21)23(22)29-15-4-6-18-11-12-19-7-1-2-8-20(19)16-18/h1-3,5,7-14,16,23H,4,6,15,17H2,(H,26,27). The molecule has 1 aromatic heterocycles. The van der Waals surface area contributed by atoms with Gasteiger partial charge in [0.1, 0.15) is 5.37 Å². The first-order valence-corrected chi connectivity index (χ1v) is 11.6. The number of carboxylic acid groups (broad SMARTS) is 1. The number of hydrogen-bond acceptors (Lipinski definition) is 4. The fourth-order valence-electron chi connectivity index (χ4n) is 3.54. The van der Waals surface area contributed by atoms with Gasteiger partial charge in [0.15, 0.2) is 0 Å².